The van der Waals surface area contributed by atoms with Crippen LogP contribution in [0.4, 0.5) is 4.70 Å². The van der Waals surface area contributed by atoms with Gasteiger partial charge in [0, 0.05) is 0 Å². The lowest BCUT2D eigenvalue weighted by Gasteiger charge is -1.98. The van der Waals surface area contributed by atoms with Gasteiger partial charge in [-0.2, -0.15) is 0 Å². The van der Waals surface area contributed by atoms with Crippen molar-refractivity contribution in [2.45, 2.75) is 104 Å². The van der Waals surface area contributed by atoms with Gasteiger partial charge in [-0.3, -0.25) is 4.70 Å². The van der Waals surface area contributed by atoms with Crippen molar-refractivity contribution >= 4 is 0 Å². The summed E-state index contributed by atoms with van der Waals surface area (Å²) >= 11 is 0. The standard InChI is InChI=1S/C18H36.FH.H3N/c1-3-5-7-9-11-13-15-17-18-16-14-12-10-8-6-4-2;;/h17-18H,3-16H2,1-2H3;1H;1H3/b18-17+;;. The lowest BCUT2D eigenvalue weighted by atomic mass is 10.1. The Kier molecular flexibility index (Phi) is 29.2. The van der Waals surface area contributed by atoms with Crippen LogP contribution in [0.3, 0.4) is 0 Å². The smallest absolute Gasteiger partial charge is 0.0351 e. The number of halogens is 1. The van der Waals surface area contributed by atoms with Crippen LogP contribution in [0, 0.1) is 0 Å². The third kappa shape index (κ3) is 22.8. The maximum Gasteiger partial charge on any atom is -0.0351 e. The van der Waals surface area contributed by atoms with Crippen LogP contribution >= 0.6 is 0 Å². The van der Waals surface area contributed by atoms with Gasteiger partial charge in [0.1, 0.15) is 0 Å². The van der Waals surface area contributed by atoms with E-state index in [0.717, 1.165) is 0 Å². The van der Waals surface area contributed by atoms with E-state index in [4.69, 9.17) is 0 Å². The lowest BCUT2D eigenvalue weighted by Crippen LogP contribution is -1.79. The Balaban J connectivity index is -0.00000144. The van der Waals surface area contributed by atoms with Crippen LogP contribution in [-0.2, 0) is 0 Å². The van der Waals surface area contributed by atoms with Crippen molar-refractivity contribution < 1.29 is 4.70 Å². The molecule has 0 aromatic rings. The second-order valence-corrected chi connectivity index (χ2v) is 5.58. The van der Waals surface area contributed by atoms with E-state index in [1.165, 1.54) is 89.9 Å². The number of allylic oxidation sites excluding steroid dienone is 2. The first kappa shape index (κ1) is 24.6. The minimum Gasteiger partial charge on any atom is -0.344 e. The molecule has 0 unspecified atom stereocenters. The summed E-state index contributed by atoms with van der Waals surface area (Å²) in [5.41, 5.74) is 0. The highest BCUT2D eigenvalue weighted by atomic mass is 19.0. The summed E-state index contributed by atoms with van der Waals surface area (Å²) in [6.07, 6.45) is 24.4. The van der Waals surface area contributed by atoms with E-state index < -0.39 is 0 Å². The van der Waals surface area contributed by atoms with Crippen LogP contribution in [0.25, 0.3) is 0 Å². The van der Waals surface area contributed by atoms with Crippen molar-refractivity contribution in [3.63, 3.8) is 0 Å². The van der Waals surface area contributed by atoms with Gasteiger partial charge in [0.2, 0.25) is 0 Å². The minimum absolute atomic E-state index is 0. The molecule has 0 heterocycles. The molecule has 0 bridgehead atoms. The van der Waals surface area contributed by atoms with Crippen molar-refractivity contribution in [2.75, 3.05) is 0 Å². The third-order valence-corrected chi connectivity index (χ3v) is 3.62. The summed E-state index contributed by atoms with van der Waals surface area (Å²) in [5, 5.41) is 0. The Morgan fingerprint density at radius 3 is 1.15 bits per heavy atom. The van der Waals surface area contributed by atoms with E-state index in [1.54, 1.807) is 0 Å². The van der Waals surface area contributed by atoms with Gasteiger partial charge < -0.3 is 6.15 Å². The molecule has 0 aromatic heterocycles. The second kappa shape index (κ2) is 23.7. The highest BCUT2D eigenvalue weighted by molar-refractivity contribution is 4.81. The molecule has 0 atom stereocenters. The highest BCUT2D eigenvalue weighted by Crippen LogP contribution is 2.09. The summed E-state index contributed by atoms with van der Waals surface area (Å²) in [7, 11) is 0. The van der Waals surface area contributed by atoms with E-state index in [0.29, 0.717) is 0 Å². The first-order valence-corrected chi connectivity index (χ1v) is 8.56. The molecule has 1 nitrogen and oxygen atoms in total. The van der Waals surface area contributed by atoms with E-state index in [-0.39, 0.29) is 10.9 Å². The average molecular weight is 290 g/mol. The summed E-state index contributed by atoms with van der Waals surface area (Å²) in [6.45, 7) is 4.57. The van der Waals surface area contributed by atoms with Crippen LogP contribution in [0.2, 0.25) is 0 Å². The molecule has 0 amide bonds. The zero-order chi connectivity index (χ0) is 13.3. The largest absolute Gasteiger partial charge is 0.344 e. The molecular weight excluding hydrogens is 249 g/mol. The SMILES string of the molecule is CCCCCCCC/C=C/CCCCCCCC.F.N. The van der Waals surface area contributed by atoms with E-state index >= 15 is 0 Å². The van der Waals surface area contributed by atoms with Crippen molar-refractivity contribution in [3.8, 4) is 0 Å². The van der Waals surface area contributed by atoms with Crippen LogP contribution in [0.5, 0.6) is 0 Å². The van der Waals surface area contributed by atoms with Crippen molar-refractivity contribution in [1.82, 2.24) is 6.15 Å². The normalized spacial score (nSPS) is 10.3. The van der Waals surface area contributed by atoms with Crippen molar-refractivity contribution in [1.29, 1.82) is 0 Å². The van der Waals surface area contributed by atoms with Crippen molar-refractivity contribution in [3.05, 3.63) is 12.2 Å². The van der Waals surface area contributed by atoms with Crippen LogP contribution in [-0.4, -0.2) is 0 Å². The molecule has 0 spiro atoms. The molecule has 0 rings (SSSR count). The maximum absolute atomic E-state index is 2.41. The zero-order valence-electron chi connectivity index (χ0n) is 14.2. The van der Waals surface area contributed by atoms with Crippen LogP contribution < -0.4 is 6.15 Å². The molecule has 2 heteroatoms. The van der Waals surface area contributed by atoms with E-state index in [9.17, 15) is 0 Å². The van der Waals surface area contributed by atoms with Gasteiger partial charge >= 0.3 is 0 Å². The summed E-state index contributed by atoms with van der Waals surface area (Å²) in [4.78, 5) is 0. The Hall–Kier alpha value is -0.370. The highest BCUT2D eigenvalue weighted by Gasteiger charge is 1.89. The van der Waals surface area contributed by atoms with Crippen molar-refractivity contribution in [2.24, 2.45) is 0 Å². The molecule has 0 aliphatic heterocycles. The first-order valence-electron chi connectivity index (χ1n) is 8.56. The summed E-state index contributed by atoms with van der Waals surface area (Å²) < 4.78 is 0. The molecule has 0 aliphatic carbocycles. The monoisotopic (exact) mass is 289 g/mol. The Labute approximate surface area is 127 Å². The molecule has 0 aromatic carbocycles. The molecule has 0 saturated carbocycles. The molecule has 20 heavy (non-hydrogen) atoms. The topological polar surface area (TPSA) is 35.0 Å². The molecule has 3 N–H and O–H groups in total. The number of rotatable bonds is 14. The Morgan fingerprint density at radius 1 is 0.500 bits per heavy atom. The predicted molar refractivity (Wildman–Crippen MR) is 92.7 cm³/mol. The van der Waals surface area contributed by atoms with Gasteiger partial charge in [0.25, 0.3) is 0 Å². The number of hydrogen-bond donors (Lipinski definition) is 1. The first-order chi connectivity index (χ1) is 8.91. The van der Waals surface area contributed by atoms with Gasteiger partial charge in [-0.25, -0.2) is 0 Å². The van der Waals surface area contributed by atoms with Gasteiger partial charge in [-0.15, -0.1) is 0 Å². The summed E-state index contributed by atoms with van der Waals surface area (Å²) in [5.74, 6) is 0. The summed E-state index contributed by atoms with van der Waals surface area (Å²) in [6, 6.07) is 0. The van der Waals surface area contributed by atoms with Gasteiger partial charge in [0.05, 0.1) is 0 Å². The predicted octanol–water partition coefficient (Wildman–Crippen LogP) is 7.36. The molecule has 0 aliphatic rings. The lowest BCUT2D eigenvalue weighted by molar-refractivity contribution is 0.606. The molecule has 0 saturated heterocycles. The van der Waals surface area contributed by atoms with Gasteiger partial charge in [-0.05, 0) is 25.7 Å². The molecule has 0 fully saturated rings. The Bertz CT molecular complexity index is 151. The zero-order valence-corrected chi connectivity index (χ0v) is 14.2. The quantitative estimate of drug-likeness (QED) is 0.263. The second-order valence-electron chi connectivity index (χ2n) is 5.58. The van der Waals surface area contributed by atoms with Crippen LogP contribution in [0.1, 0.15) is 104 Å². The maximum atomic E-state index is 2.41. The van der Waals surface area contributed by atoms with Gasteiger partial charge in [0.15, 0.2) is 0 Å². The number of unbranched alkanes of at least 4 members (excludes halogenated alkanes) is 12. The number of hydrogen-bond acceptors (Lipinski definition) is 1. The minimum atomic E-state index is 0. The van der Waals surface area contributed by atoms with Crippen LogP contribution in [0.15, 0.2) is 12.2 Å². The fraction of sp³-hybridized carbons (Fsp3) is 0.889. The average Bonchev–Trinajstić information content (AvgIpc) is 2.39. The molecule has 124 valence electrons. The van der Waals surface area contributed by atoms with E-state index in [2.05, 4.69) is 26.0 Å². The third-order valence-electron chi connectivity index (χ3n) is 3.62. The fourth-order valence-electron chi connectivity index (χ4n) is 2.32. The Morgan fingerprint density at radius 2 is 0.800 bits per heavy atom. The fourth-order valence-corrected chi connectivity index (χ4v) is 2.32. The van der Waals surface area contributed by atoms with Gasteiger partial charge in [-0.1, -0.05) is 90.2 Å². The van der Waals surface area contributed by atoms with E-state index in [1.807, 2.05) is 0 Å². The molecular formula is C18H40FN. The molecule has 0 radical (unpaired) electrons.